The zero-order valence-electron chi connectivity index (χ0n) is 20.3. The minimum atomic E-state index is -0.369. The van der Waals surface area contributed by atoms with Gasteiger partial charge in [0.15, 0.2) is 17.6 Å². The van der Waals surface area contributed by atoms with Gasteiger partial charge in [0.2, 0.25) is 0 Å². The summed E-state index contributed by atoms with van der Waals surface area (Å²) in [7, 11) is 0. The third-order valence-corrected chi connectivity index (χ3v) is 8.53. The fourth-order valence-corrected chi connectivity index (χ4v) is 7.18. The second-order valence-electron chi connectivity index (χ2n) is 10.4. The average molecular weight is 469 g/mol. The maximum atomic E-state index is 11.9. The molecule has 1 aromatic rings. The Labute approximate surface area is 202 Å². The zero-order valence-corrected chi connectivity index (χ0v) is 20.3. The molecule has 184 valence electrons. The lowest BCUT2D eigenvalue weighted by Gasteiger charge is -2.57. The second kappa shape index (κ2) is 8.85. The number of esters is 1. The fourth-order valence-electron chi connectivity index (χ4n) is 7.18. The number of hydrogen-bond acceptors (Lipinski definition) is 7. The smallest absolute Gasteiger partial charge is 0.303 e. The molecule has 5 atom stereocenters. The van der Waals surface area contributed by atoms with Crippen LogP contribution in [-0.2, 0) is 26.1 Å². The van der Waals surface area contributed by atoms with Crippen LogP contribution in [0.3, 0.4) is 0 Å². The van der Waals surface area contributed by atoms with Crippen LogP contribution in [0.15, 0.2) is 24.3 Å². The fraction of sp³-hybridized carbons (Fsp3) is 0.667. The van der Waals surface area contributed by atoms with Gasteiger partial charge in [-0.1, -0.05) is 19.1 Å². The van der Waals surface area contributed by atoms with E-state index in [0.29, 0.717) is 18.6 Å². The van der Waals surface area contributed by atoms with Gasteiger partial charge in [0, 0.05) is 49.5 Å². The molecule has 5 aliphatic rings. The van der Waals surface area contributed by atoms with E-state index in [2.05, 4.69) is 41.0 Å². The summed E-state index contributed by atoms with van der Waals surface area (Å²) in [6, 6.07) is 4.81. The number of rotatable bonds is 7. The van der Waals surface area contributed by atoms with E-state index in [1.807, 2.05) is 0 Å². The van der Waals surface area contributed by atoms with Crippen molar-refractivity contribution in [1.82, 2.24) is 9.80 Å². The molecule has 2 aliphatic carbocycles. The SMILES string of the molecule is CCCN1CC[C@]23c4c5ccc(OCCN6CCOCC6)c4O[C@H]2[C@@H](OC(C)=O)C=C[C@H]3[C@H]1C5. The summed E-state index contributed by atoms with van der Waals surface area (Å²) in [5, 5.41) is 0. The van der Waals surface area contributed by atoms with Crippen molar-refractivity contribution >= 4 is 5.97 Å². The highest BCUT2D eigenvalue weighted by Crippen LogP contribution is 2.62. The van der Waals surface area contributed by atoms with Crippen molar-refractivity contribution in [2.45, 2.75) is 56.8 Å². The Kier molecular flexibility index (Phi) is 5.82. The van der Waals surface area contributed by atoms with Crippen LogP contribution in [0.5, 0.6) is 11.5 Å². The molecule has 1 spiro atoms. The number of hydrogen-bond donors (Lipinski definition) is 0. The number of nitrogens with zero attached hydrogens (tertiary/aromatic N) is 2. The summed E-state index contributed by atoms with van der Waals surface area (Å²) in [6.45, 7) is 10.9. The maximum Gasteiger partial charge on any atom is 0.303 e. The maximum absolute atomic E-state index is 11.9. The molecule has 0 radical (unpaired) electrons. The second-order valence-corrected chi connectivity index (χ2v) is 10.4. The van der Waals surface area contributed by atoms with E-state index in [4.69, 9.17) is 18.9 Å². The Bertz CT molecular complexity index is 974. The van der Waals surface area contributed by atoms with Crippen LogP contribution in [0.1, 0.15) is 37.8 Å². The van der Waals surface area contributed by atoms with Gasteiger partial charge in [0.1, 0.15) is 12.7 Å². The normalized spacial score (nSPS) is 33.8. The lowest BCUT2D eigenvalue weighted by molar-refractivity contribution is -0.152. The minimum absolute atomic E-state index is 0.156. The van der Waals surface area contributed by atoms with Gasteiger partial charge in [-0.3, -0.25) is 14.6 Å². The minimum Gasteiger partial charge on any atom is -0.488 e. The highest BCUT2D eigenvalue weighted by Gasteiger charge is 2.65. The summed E-state index contributed by atoms with van der Waals surface area (Å²) in [6.07, 6.45) is 7.03. The van der Waals surface area contributed by atoms with Crippen LogP contribution in [0.4, 0.5) is 0 Å². The largest absolute Gasteiger partial charge is 0.488 e. The molecule has 7 nitrogen and oxygen atoms in total. The van der Waals surface area contributed by atoms with Crippen molar-refractivity contribution in [2.24, 2.45) is 5.92 Å². The van der Waals surface area contributed by atoms with Gasteiger partial charge in [-0.15, -0.1) is 0 Å². The Balaban J connectivity index is 1.34. The predicted octanol–water partition coefficient (Wildman–Crippen LogP) is 2.55. The third kappa shape index (κ3) is 3.47. The van der Waals surface area contributed by atoms with E-state index in [9.17, 15) is 4.79 Å². The molecule has 34 heavy (non-hydrogen) atoms. The first-order valence-electron chi connectivity index (χ1n) is 13.0. The lowest BCUT2D eigenvalue weighted by Crippen LogP contribution is -2.65. The van der Waals surface area contributed by atoms with Crippen molar-refractivity contribution in [1.29, 1.82) is 0 Å². The highest BCUT2D eigenvalue weighted by molar-refractivity contribution is 5.67. The van der Waals surface area contributed by atoms with Crippen molar-refractivity contribution < 1.29 is 23.7 Å². The third-order valence-electron chi connectivity index (χ3n) is 8.53. The molecule has 7 heteroatoms. The monoisotopic (exact) mass is 468 g/mol. The summed E-state index contributed by atoms with van der Waals surface area (Å²) >= 11 is 0. The van der Waals surface area contributed by atoms with Crippen LogP contribution in [0.2, 0.25) is 0 Å². The van der Waals surface area contributed by atoms with Crippen molar-refractivity contribution in [3.63, 3.8) is 0 Å². The number of benzene rings is 1. The first-order valence-corrected chi connectivity index (χ1v) is 13.0. The Hall–Kier alpha value is -2.09. The molecule has 3 aliphatic heterocycles. The molecule has 3 heterocycles. The molecule has 0 aromatic heterocycles. The molecular weight excluding hydrogens is 432 g/mol. The molecule has 0 N–H and O–H groups in total. The van der Waals surface area contributed by atoms with Crippen LogP contribution < -0.4 is 9.47 Å². The van der Waals surface area contributed by atoms with E-state index >= 15 is 0 Å². The summed E-state index contributed by atoms with van der Waals surface area (Å²) in [4.78, 5) is 17.0. The van der Waals surface area contributed by atoms with E-state index < -0.39 is 0 Å². The topological polar surface area (TPSA) is 60.5 Å². The first-order chi connectivity index (χ1) is 16.6. The molecule has 2 bridgehead atoms. The number of ether oxygens (including phenoxy) is 4. The number of morpholine rings is 1. The summed E-state index contributed by atoms with van der Waals surface area (Å²) in [5.41, 5.74) is 2.54. The van der Waals surface area contributed by atoms with Gasteiger partial charge in [-0.25, -0.2) is 0 Å². The standard InChI is InChI=1S/C27H36N2O5/c1-3-9-29-10-8-27-20-5-7-23(33-18(2)30)26(27)34-25-22(6-4-19(24(25)27)17-21(20)29)32-16-13-28-11-14-31-15-12-28/h4-7,20-21,23,26H,3,8-17H2,1-2H3/t20-,21+,23-,26-,27-/m0/s1. The van der Waals surface area contributed by atoms with Crippen LogP contribution in [-0.4, -0.2) is 86.6 Å². The van der Waals surface area contributed by atoms with Crippen LogP contribution in [0.25, 0.3) is 0 Å². The zero-order chi connectivity index (χ0) is 23.3. The predicted molar refractivity (Wildman–Crippen MR) is 127 cm³/mol. The number of likely N-dealkylation sites (tertiary alicyclic amines) is 1. The quantitative estimate of drug-likeness (QED) is 0.450. The van der Waals surface area contributed by atoms with E-state index in [1.165, 1.54) is 18.1 Å². The van der Waals surface area contributed by atoms with Gasteiger partial charge in [-0.2, -0.15) is 0 Å². The Morgan fingerprint density at radius 3 is 2.82 bits per heavy atom. The van der Waals surface area contributed by atoms with Crippen molar-refractivity contribution in [3.05, 3.63) is 35.4 Å². The number of carbonyl (C=O) groups is 1. The number of carbonyl (C=O) groups excluding carboxylic acids is 1. The molecule has 2 saturated heterocycles. The van der Waals surface area contributed by atoms with Gasteiger partial charge in [-0.05, 0) is 50.1 Å². The summed E-state index contributed by atoms with van der Waals surface area (Å²) in [5.74, 6) is 1.81. The molecule has 0 unspecified atom stereocenters. The summed E-state index contributed by atoms with van der Waals surface area (Å²) < 4.78 is 24.3. The van der Waals surface area contributed by atoms with Gasteiger partial charge in [0.05, 0.1) is 13.2 Å². The highest BCUT2D eigenvalue weighted by atomic mass is 16.6. The average Bonchev–Trinajstić information content (AvgIpc) is 3.18. The molecule has 2 fully saturated rings. The Morgan fingerprint density at radius 1 is 1.18 bits per heavy atom. The van der Waals surface area contributed by atoms with Crippen molar-refractivity contribution in [3.8, 4) is 11.5 Å². The molecule has 1 aromatic carbocycles. The number of piperidine rings is 1. The Morgan fingerprint density at radius 2 is 2.03 bits per heavy atom. The van der Waals surface area contributed by atoms with Crippen LogP contribution in [0, 0.1) is 5.92 Å². The molecule has 0 amide bonds. The first kappa shape index (κ1) is 22.4. The molecule has 0 saturated carbocycles. The molecular formula is C27H36N2O5. The van der Waals surface area contributed by atoms with Crippen molar-refractivity contribution in [2.75, 3.05) is 52.5 Å². The van der Waals surface area contributed by atoms with E-state index in [-0.39, 0.29) is 23.6 Å². The lowest BCUT2D eigenvalue weighted by atomic mass is 9.53. The van der Waals surface area contributed by atoms with E-state index in [0.717, 1.165) is 76.7 Å². The van der Waals surface area contributed by atoms with Crippen LogP contribution >= 0.6 is 0 Å². The molecule has 6 rings (SSSR count). The van der Waals surface area contributed by atoms with Gasteiger partial charge >= 0.3 is 5.97 Å². The van der Waals surface area contributed by atoms with E-state index in [1.54, 1.807) is 0 Å². The van der Waals surface area contributed by atoms with Gasteiger partial charge in [0.25, 0.3) is 0 Å². The van der Waals surface area contributed by atoms with Gasteiger partial charge < -0.3 is 18.9 Å².